The molecule has 0 aliphatic heterocycles. The van der Waals surface area contributed by atoms with E-state index in [4.69, 9.17) is 0 Å². The summed E-state index contributed by atoms with van der Waals surface area (Å²) in [5, 5.41) is 0. The maximum Gasteiger partial charge on any atom is 0.0183 e. The van der Waals surface area contributed by atoms with E-state index in [2.05, 4.69) is 97.9 Å². The summed E-state index contributed by atoms with van der Waals surface area (Å²) in [7, 11) is 0. The molecular weight excluding hydrogens is 444 g/mol. The molecule has 3 unspecified atom stereocenters. The zero-order valence-corrected chi connectivity index (χ0v) is 26.8. The summed E-state index contributed by atoms with van der Waals surface area (Å²) in [6.07, 6.45) is 23.2. The van der Waals surface area contributed by atoms with E-state index < -0.39 is 0 Å². The first kappa shape index (κ1) is 33.7. The third-order valence-corrected chi connectivity index (χ3v) is 9.25. The third kappa shape index (κ3) is 8.60. The van der Waals surface area contributed by atoms with Crippen LogP contribution >= 0.6 is 0 Å². The second-order valence-corrected chi connectivity index (χ2v) is 12.2. The molecule has 0 N–H and O–H groups in total. The summed E-state index contributed by atoms with van der Waals surface area (Å²) in [5.41, 5.74) is 5.46. The Labute approximate surface area is 233 Å². The molecule has 0 radical (unpaired) electrons. The second-order valence-electron chi connectivity index (χ2n) is 12.2. The van der Waals surface area contributed by atoms with Crippen molar-refractivity contribution in [3.05, 3.63) is 59.2 Å². The summed E-state index contributed by atoms with van der Waals surface area (Å²) in [5.74, 6) is 2.54. The Morgan fingerprint density at radius 3 is 1.68 bits per heavy atom. The molecule has 0 fully saturated rings. The van der Waals surface area contributed by atoms with E-state index in [0.717, 1.165) is 24.2 Å². The monoisotopic (exact) mass is 509 g/mol. The van der Waals surface area contributed by atoms with Gasteiger partial charge in [0.25, 0.3) is 0 Å². The Morgan fingerprint density at radius 2 is 1.24 bits per heavy atom. The van der Waals surface area contributed by atoms with Crippen LogP contribution in [0.25, 0.3) is 0 Å². The zero-order valence-electron chi connectivity index (χ0n) is 26.8. The van der Waals surface area contributed by atoms with Gasteiger partial charge >= 0.3 is 0 Å². The fourth-order valence-electron chi connectivity index (χ4n) is 6.63. The highest BCUT2D eigenvalue weighted by atomic mass is 14.6. The van der Waals surface area contributed by atoms with E-state index in [1.165, 1.54) is 70.6 Å². The van der Waals surface area contributed by atoms with Gasteiger partial charge in [-0.05, 0) is 53.7 Å². The summed E-state index contributed by atoms with van der Waals surface area (Å²) < 4.78 is 0. The molecule has 0 spiro atoms. The summed E-state index contributed by atoms with van der Waals surface area (Å²) in [6.45, 7) is 22.7. The van der Waals surface area contributed by atoms with Gasteiger partial charge in [0.15, 0.2) is 0 Å². The standard InChI is InChI=1S/C30H46.C5H12.C2H6/c1-6-10-16-24(8-3)22-30(23-25(9-4)17-11-7-2)27-19-13-12-18-26(27)29(5)21-15-14-20-28(29)30;1-4-5(2)3;1-2/h12-15,18-20,24-25H,6-11,16-17,21-23H2,1-5H3;5H,4H2,1-3H3;1-2H3. The molecule has 0 heterocycles. The zero-order chi connectivity index (χ0) is 27.9. The topological polar surface area (TPSA) is 0 Å². The molecule has 0 saturated carbocycles. The Hall–Kier alpha value is -1.30. The van der Waals surface area contributed by atoms with E-state index in [-0.39, 0.29) is 10.8 Å². The molecule has 0 aromatic heterocycles. The molecule has 212 valence electrons. The minimum Gasteiger partial charge on any atom is -0.0833 e. The van der Waals surface area contributed by atoms with Gasteiger partial charge < -0.3 is 0 Å². The first-order valence-electron chi connectivity index (χ1n) is 16.3. The molecule has 1 aromatic carbocycles. The lowest BCUT2D eigenvalue weighted by Gasteiger charge is -2.42. The highest BCUT2D eigenvalue weighted by Crippen LogP contribution is 2.61. The molecule has 37 heavy (non-hydrogen) atoms. The highest BCUT2D eigenvalue weighted by molar-refractivity contribution is 5.61. The Morgan fingerprint density at radius 1 is 0.757 bits per heavy atom. The van der Waals surface area contributed by atoms with Crippen molar-refractivity contribution >= 4 is 0 Å². The van der Waals surface area contributed by atoms with E-state index in [9.17, 15) is 0 Å². The van der Waals surface area contributed by atoms with Gasteiger partial charge in [-0.15, -0.1) is 0 Å². The number of unbranched alkanes of at least 4 members (excludes halogenated alkanes) is 2. The Balaban J connectivity index is 0.000000874. The van der Waals surface area contributed by atoms with Gasteiger partial charge in [-0.3, -0.25) is 0 Å². The lowest BCUT2D eigenvalue weighted by atomic mass is 9.61. The first-order chi connectivity index (χ1) is 17.8. The molecule has 3 rings (SSSR count). The average molecular weight is 509 g/mol. The molecule has 1 aromatic rings. The van der Waals surface area contributed by atoms with Gasteiger partial charge in [0, 0.05) is 10.8 Å². The van der Waals surface area contributed by atoms with Crippen molar-refractivity contribution < 1.29 is 0 Å². The van der Waals surface area contributed by atoms with Gasteiger partial charge in [0.2, 0.25) is 0 Å². The molecular formula is C37H64. The number of hydrogen-bond donors (Lipinski definition) is 0. The molecule has 2 aliphatic rings. The quantitative estimate of drug-likeness (QED) is 0.248. The summed E-state index contributed by atoms with van der Waals surface area (Å²) in [6, 6.07) is 9.53. The first-order valence-corrected chi connectivity index (χ1v) is 16.3. The van der Waals surface area contributed by atoms with Crippen LogP contribution in [-0.4, -0.2) is 0 Å². The molecule has 0 bridgehead atoms. The molecule has 3 atom stereocenters. The maximum atomic E-state index is 2.53. The van der Waals surface area contributed by atoms with Crippen molar-refractivity contribution in [2.45, 2.75) is 157 Å². The normalized spacial score (nSPS) is 23.2. The molecule has 0 heteroatoms. The van der Waals surface area contributed by atoms with Gasteiger partial charge in [-0.25, -0.2) is 0 Å². The van der Waals surface area contributed by atoms with E-state index in [1.807, 2.05) is 13.8 Å². The molecule has 0 nitrogen and oxygen atoms in total. The van der Waals surface area contributed by atoms with Crippen LogP contribution in [0.2, 0.25) is 0 Å². The van der Waals surface area contributed by atoms with Crippen molar-refractivity contribution in [1.29, 1.82) is 0 Å². The van der Waals surface area contributed by atoms with Crippen molar-refractivity contribution in [1.82, 2.24) is 0 Å². The molecule has 0 saturated heterocycles. The van der Waals surface area contributed by atoms with Crippen LogP contribution in [0.3, 0.4) is 0 Å². The molecule has 0 amide bonds. The predicted octanol–water partition coefficient (Wildman–Crippen LogP) is 12.4. The largest absolute Gasteiger partial charge is 0.0833 e. The fourth-order valence-corrected chi connectivity index (χ4v) is 6.63. The van der Waals surface area contributed by atoms with Crippen molar-refractivity contribution in [3.63, 3.8) is 0 Å². The number of hydrogen-bond acceptors (Lipinski definition) is 0. The number of rotatable bonds is 13. The lowest BCUT2D eigenvalue weighted by Crippen LogP contribution is -2.35. The minimum atomic E-state index is 0.192. The van der Waals surface area contributed by atoms with Gasteiger partial charge in [0.05, 0.1) is 0 Å². The van der Waals surface area contributed by atoms with Gasteiger partial charge in [-0.2, -0.15) is 0 Å². The summed E-state index contributed by atoms with van der Waals surface area (Å²) >= 11 is 0. The van der Waals surface area contributed by atoms with Crippen molar-refractivity contribution in [2.75, 3.05) is 0 Å². The maximum absolute atomic E-state index is 2.53. The minimum absolute atomic E-state index is 0.192. The predicted molar refractivity (Wildman–Crippen MR) is 170 cm³/mol. The van der Waals surface area contributed by atoms with E-state index in [1.54, 1.807) is 16.7 Å². The smallest absolute Gasteiger partial charge is 0.0183 e. The molecule has 2 aliphatic carbocycles. The van der Waals surface area contributed by atoms with Gasteiger partial charge in [-0.1, -0.05) is 170 Å². The van der Waals surface area contributed by atoms with Crippen LogP contribution < -0.4 is 0 Å². The van der Waals surface area contributed by atoms with Crippen LogP contribution in [0.15, 0.2) is 48.1 Å². The average Bonchev–Trinajstić information content (AvgIpc) is 3.15. The Kier molecular flexibility index (Phi) is 15.8. The Bertz CT molecular complexity index is 776. The SMILES string of the molecule is CC.CCC(C)C.CCCCC(CC)CC1(CC(CC)CCCC)C2=CC=CCC2(C)c2ccccc21. The van der Waals surface area contributed by atoms with Crippen LogP contribution in [0.1, 0.15) is 157 Å². The van der Waals surface area contributed by atoms with Crippen molar-refractivity contribution in [3.8, 4) is 0 Å². The van der Waals surface area contributed by atoms with Crippen LogP contribution in [-0.2, 0) is 10.8 Å². The van der Waals surface area contributed by atoms with Gasteiger partial charge in [0.1, 0.15) is 0 Å². The lowest BCUT2D eigenvalue weighted by molar-refractivity contribution is 0.253. The highest BCUT2D eigenvalue weighted by Gasteiger charge is 2.54. The fraction of sp³-hybridized carbons (Fsp3) is 0.730. The second kappa shape index (κ2) is 17.3. The third-order valence-electron chi connectivity index (χ3n) is 9.25. The van der Waals surface area contributed by atoms with Crippen LogP contribution in [0.4, 0.5) is 0 Å². The number of fused-ring (bicyclic) bond motifs is 3. The number of allylic oxidation sites excluding steroid dienone is 4. The van der Waals surface area contributed by atoms with Crippen LogP contribution in [0, 0.1) is 17.8 Å². The van der Waals surface area contributed by atoms with E-state index in [0.29, 0.717) is 0 Å². The van der Waals surface area contributed by atoms with Crippen molar-refractivity contribution in [2.24, 2.45) is 17.8 Å². The summed E-state index contributed by atoms with van der Waals surface area (Å²) in [4.78, 5) is 0. The van der Waals surface area contributed by atoms with E-state index >= 15 is 0 Å². The number of benzene rings is 1. The van der Waals surface area contributed by atoms with Crippen LogP contribution in [0.5, 0.6) is 0 Å².